The van der Waals surface area contributed by atoms with Gasteiger partial charge in [0.2, 0.25) is 11.8 Å². The number of rotatable bonds is 10. The van der Waals surface area contributed by atoms with E-state index >= 15 is 0 Å². The van der Waals surface area contributed by atoms with Crippen LogP contribution in [0.3, 0.4) is 0 Å². The first kappa shape index (κ1) is 32.2. The number of anilines is 1. The van der Waals surface area contributed by atoms with E-state index in [0.29, 0.717) is 15.9 Å². The Morgan fingerprint density at radius 1 is 0.976 bits per heavy atom. The van der Waals surface area contributed by atoms with Gasteiger partial charge in [-0.1, -0.05) is 60.0 Å². The van der Waals surface area contributed by atoms with E-state index < -0.39 is 46.2 Å². The van der Waals surface area contributed by atoms with Gasteiger partial charge in [0.25, 0.3) is 10.0 Å². The summed E-state index contributed by atoms with van der Waals surface area (Å²) in [5.74, 6) is -1.39. The molecule has 1 atom stereocenters. The van der Waals surface area contributed by atoms with E-state index in [0.717, 1.165) is 22.6 Å². The molecule has 0 aliphatic carbocycles. The van der Waals surface area contributed by atoms with Crippen molar-refractivity contribution in [1.29, 1.82) is 0 Å². The molecule has 13 heteroatoms. The van der Waals surface area contributed by atoms with Crippen LogP contribution in [0, 0.1) is 6.92 Å². The Kier molecular flexibility index (Phi) is 10.3. The summed E-state index contributed by atoms with van der Waals surface area (Å²) in [6, 6.07) is 13.0. The SMILES string of the molecule is CCC(C(=O)NC)N(Cc1c(Cl)cccc1Cl)C(=O)CN(c1cccc(C(F)(F)F)c1)S(=O)(=O)c1ccc(C)cc1. The van der Waals surface area contributed by atoms with Crippen LogP contribution in [0.4, 0.5) is 18.9 Å². The summed E-state index contributed by atoms with van der Waals surface area (Å²) in [7, 11) is -3.16. The number of hydrogen-bond donors (Lipinski definition) is 1. The summed E-state index contributed by atoms with van der Waals surface area (Å²) in [6.45, 7) is 2.23. The summed E-state index contributed by atoms with van der Waals surface area (Å²) < 4.78 is 68.9. The number of benzene rings is 3. The van der Waals surface area contributed by atoms with Gasteiger partial charge in [0.1, 0.15) is 12.6 Å². The lowest BCUT2D eigenvalue weighted by molar-refractivity contribution is -0.140. The number of nitrogens with zero attached hydrogens (tertiary/aromatic N) is 2. The third-order valence-corrected chi connectivity index (χ3v) is 8.87. The Bertz CT molecular complexity index is 1500. The summed E-state index contributed by atoms with van der Waals surface area (Å²) in [5, 5.41) is 2.91. The monoisotopic (exact) mass is 629 g/mol. The molecule has 0 aromatic heterocycles. The zero-order chi connectivity index (χ0) is 30.5. The fourth-order valence-electron chi connectivity index (χ4n) is 4.14. The second-order valence-corrected chi connectivity index (χ2v) is 11.8. The molecule has 1 unspecified atom stereocenters. The van der Waals surface area contributed by atoms with Gasteiger partial charge in [-0.15, -0.1) is 0 Å². The van der Waals surface area contributed by atoms with E-state index in [9.17, 15) is 31.2 Å². The summed E-state index contributed by atoms with van der Waals surface area (Å²) in [5.41, 5.74) is -0.399. The Morgan fingerprint density at radius 2 is 1.56 bits per heavy atom. The number of nitrogens with one attached hydrogen (secondary N) is 1. The van der Waals surface area contributed by atoms with Crippen molar-refractivity contribution in [2.45, 2.75) is 43.9 Å². The first-order valence-corrected chi connectivity index (χ1v) is 14.6. The third-order valence-electron chi connectivity index (χ3n) is 6.37. The lowest BCUT2D eigenvalue weighted by atomic mass is 10.1. The number of hydrogen-bond acceptors (Lipinski definition) is 4. The largest absolute Gasteiger partial charge is 0.416 e. The van der Waals surface area contributed by atoms with E-state index in [2.05, 4.69) is 5.32 Å². The highest BCUT2D eigenvalue weighted by atomic mass is 35.5. The van der Waals surface area contributed by atoms with Crippen LogP contribution >= 0.6 is 23.2 Å². The number of carbonyl (C=O) groups excluding carboxylic acids is 2. The van der Waals surface area contributed by atoms with E-state index in [-0.39, 0.29) is 33.6 Å². The van der Waals surface area contributed by atoms with Crippen molar-refractivity contribution in [1.82, 2.24) is 10.2 Å². The minimum absolute atomic E-state index is 0.141. The molecule has 0 fully saturated rings. The van der Waals surface area contributed by atoms with Crippen LogP contribution in [0.1, 0.15) is 30.0 Å². The van der Waals surface area contributed by atoms with Gasteiger partial charge in [0, 0.05) is 29.2 Å². The predicted molar refractivity (Wildman–Crippen MR) is 152 cm³/mol. The highest BCUT2D eigenvalue weighted by Crippen LogP contribution is 2.34. The van der Waals surface area contributed by atoms with Crippen LogP contribution in [0.2, 0.25) is 10.0 Å². The predicted octanol–water partition coefficient (Wildman–Crippen LogP) is 6.07. The molecule has 0 heterocycles. The van der Waals surface area contributed by atoms with Crippen molar-refractivity contribution in [2.75, 3.05) is 17.9 Å². The Labute approximate surface area is 246 Å². The zero-order valence-electron chi connectivity index (χ0n) is 22.4. The standard InChI is InChI=1S/C28H28Cl2F3N3O4S/c1-4-25(27(38)34-3)35(16-22-23(29)9-6-10-24(22)30)26(37)17-36(20-8-5-7-19(15-20)28(31,32)33)41(39,40)21-13-11-18(2)12-14-21/h5-15,25H,4,16-17H2,1-3H3,(H,34,38). The quantitative estimate of drug-likeness (QED) is 0.295. The summed E-state index contributed by atoms with van der Waals surface area (Å²) in [6.07, 6.45) is -4.62. The Balaban J connectivity index is 2.16. The van der Waals surface area contributed by atoms with Gasteiger partial charge in [0.15, 0.2) is 0 Å². The number of amides is 2. The maximum Gasteiger partial charge on any atom is 0.416 e. The molecule has 0 bridgehead atoms. The molecule has 1 N–H and O–H groups in total. The highest BCUT2D eigenvalue weighted by Gasteiger charge is 2.36. The number of carbonyl (C=O) groups is 2. The molecular weight excluding hydrogens is 602 g/mol. The zero-order valence-corrected chi connectivity index (χ0v) is 24.7. The average molecular weight is 631 g/mol. The first-order valence-electron chi connectivity index (χ1n) is 12.4. The molecule has 0 spiro atoms. The fourth-order valence-corrected chi connectivity index (χ4v) is 6.07. The molecule has 3 aromatic rings. The Hall–Kier alpha value is -3.28. The lowest BCUT2D eigenvalue weighted by Gasteiger charge is -2.33. The van der Waals surface area contributed by atoms with E-state index in [4.69, 9.17) is 23.2 Å². The maximum atomic E-state index is 13.9. The van der Waals surface area contributed by atoms with E-state index in [1.807, 2.05) is 0 Å². The van der Waals surface area contributed by atoms with Gasteiger partial charge in [-0.05, 0) is 55.8 Å². The van der Waals surface area contributed by atoms with Gasteiger partial charge in [-0.25, -0.2) is 8.42 Å². The number of halogens is 5. The molecule has 0 aliphatic rings. The van der Waals surface area contributed by atoms with Gasteiger partial charge < -0.3 is 10.2 Å². The number of alkyl halides is 3. The first-order chi connectivity index (χ1) is 19.2. The molecule has 2 amide bonds. The van der Waals surface area contributed by atoms with E-state index in [1.165, 1.54) is 37.4 Å². The molecule has 0 saturated heterocycles. The van der Waals surface area contributed by atoms with E-state index in [1.54, 1.807) is 32.0 Å². The third kappa shape index (κ3) is 7.52. The minimum Gasteiger partial charge on any atom is -0.357 e. The van der Waals surface area contributed by atoms with Crippen LogP contribution in [0.15, 0.2) is 71.6 Å². The second-order valence-electron chi connectivity index (χ2n) is 9.13. The van der Waals surface area contributed by atoms with Crippen molar-refractivity contribution < 1.29 is 31.2 Å². The second kappa shape index (κ2) is 13.1. The van der Waals surface area contributed by atoms with Crippen LogP contribution < -0.4 is 9.62 Å². The normalized spacial score (nSPS) is 12.5. The summed E-state index contributed by atoms with van der Waals surface area (Å²) in [4.78, 5) is 27.6. The van der Waals surface area contributed by atoms with Gasteiger partial charge >= 0.3 is 6.18 Å². The van der Waals surface area contributed by atoms with Crippen LogP contribution in [0.5, 0.6) is 0 Å². The van der Waals surface area contributed by atoms with Gasteiger partial charge in [-0.3, -0.25) is 13.9 Å². The molecule has 220 valence electrons. The van der Waals surface area contributed by atoms with Crippen molar-refractivity contribution in [3.63, 3.8) is 0 Å². The molecule has 7 nitrogen and oxygen atoms in total. The summed E-state index contributed by atoms with van der Waals surface area (Å²) >= 11 is 12.7. The number of likely N-dealkylation sites (N-methyl/N-ethyl adjacent to an activating group) is 1. The molecule has 3 aromatic carbocycles. The van der Waals surface area contributed by atoms with Crippen molar-refractivity contribution in [2.24, 2.45) is 0 Å². The molecule has 0 aliphatic heterocycles. The molecule has 0 radical (unpaired) electrons. The van der Waals surface area contributed by atoms with Gasteiger partial charge in [-0.2, -0.15) is 13.2 Å². The molecule has 41 heavy (non-hydrogen) atoms. The van der Waals surface area contributed by atoms with Crippen LogP contribution in [-0.4, -0.2) is 44.8 Å². The highest BCUT2D eigenvalue weighted by molar-refractivity contribution is 7.92. The van der Waals surface area contributed by atoms with Crippen LogP contribution in [0.25, 0.3) is 0 Å². The fraction of sp³-hybridized carbons (Fsp3) is 0.286. The van der Waals surface area contributed by atoms with Crippen molar-refractivity contribution in [3.05, 3.63) is 93.5 Å². The Morgan fingerprint density at radius 3 is 2.10 bits per heavy atom. The smallest absolute Gasteiger partial charge is 0.357 e. The lowest BCUT2D eigenvalue weighted by Crippen LogP contribution is -2.51. The molecule has 3 rings (SSSR count). The number of sulfonamides is 1. The van der Waals surface area contributed by atoms with Crippen LogP contribution in [-0.2, 0) is 32.3 Å². The van der Waals surface area contributed by atoms with Crippen molar-refractivity contribution >= 4 is 50.7 Å². The molecule has 0 saturated carbocycles. The van der Waals surface area contributed by atoms with Gasteiger partial charge in [0.05, 0.1) is 16.1 Å². The number of aryl methyl sites for hydroxylation is 1. The van der Waals surface area contributed by atoms with Crippen molar-refractivity contribution in [3.8, 4) is 0 Å². The minimum atomic E-state index is -4.77. The average Bonchev–Trinajstić information content (AvgIpc) is 2.92. The topological polar surface area (TPSA) is 86.8 Å². The maximum absolute atomic E-state index is 13.9. The molecular formula is C28H28Cl2F3N3O4S.